The molecule has 6 nitrogen and oxygen atoms in total. The zero-order valence-corrected chi connectivity index (χ0v) is 14.1. The fraction of sp³-hybridized carbons (Fsp3) is 0.438. The highest BCUT2D eigenvalue weighted by atomic mass is 35.5. The van der Waals surface area contributed by atoms with E-state index in [1.54, 1.807) is 12.7 Å². The molecule has 0 aliphatic carbocycles. The van der Waals surface area contributed by atoms with Gasteiger partial charge in [-0.1, -0.05) is 31.5 Å². The van der Waals surface area contributed by atoms with E-state index in [0.717, 1.165) is 24.5 Å². The number of hydrogen-bond donors (Lipinski definition) is 0. The molecule has 1 saturated heterocycles. The van der Waals surface area contributed by atoms with Gasteiger partial charge in [-0.15, -0.1) is 10.2 Å². The van der Waals surface area contributed by atoms with Gasteiger partial charge >= 0.3 is 0 Å². The molecule has 0 N–H and O–H groups in total. The van der Waals surface area contributed by atoms with Gasteiger partial charge in [0.1, 0.15) is 12.7 Å². The summed E-state index contributed by atoms with van der Waals surface area (Å²) in [6, 6.07) is 5.80. The van der Waals surface area contributed by atoms with Crippen molar-refractivity contribution in [2.45, 2.75) is 13.8 Å². The van der Waals surface area contributed by atoms with Crippen LogP contribution in [0.2, 0.25) is 5.02 Å². The number of amides is 1. The van der Waals surface area contributed by atoms with Crippen molar-refractivity contribution in [1.82, 2.24) is 19.7 Å². The van der Waals surface area contributed by atoms with E-state index in [0.29, 0.717) is 18.1 Å². The minimum absolute atomic E-state index is 0.0365. The van der Waals surface area contributed by atoms with Crippen molar-refractivity contribution < 1.29 is 4.79 Å². The summed E-state index contributed by atoms with van der Waals surface area (Å²) in [4.78, 5) is 16.3. The van der Waals surface area contributed by atoms with Crippen LogP contribution in [0.5, 0.6) is 0 Å². The highest BCUT2D eigenvalue weighted by molar-refractivity contribution is 6.33. The van der Waals surface area contributed by atoms with E-state index in [-0.39, 0.29) is 11.8 Å². The number of carbonyl (C=O) groups excluding carboxylic acids is 1. The van der Waals surface area contributed by atoms with E-state index in [4.69, 9.17) is 11.6 Å². The standard InChI is InChI=1S/C16H20ClN5O/c1-12(2)16(23)21-8-6-20(7-9-21)15-13(17)4-3-5-14(15)22-10-18-19-11-22/h3-5,10-12H,6-9H2,1-2H3. The van der Waals surface area contributed by atoms with Crippen LogP contribution in [0.25, 0.3) is 5.69 Å². The first-order valence-corrected chi connectivity index (χ1v) is 8.13. The number of hydrogen-bond acceptors (Lipinski definition) is 4. The monoisotopic (exact) mass is 333 g/mol. The summed E-state index contributed by atoms with van der Waals surface area (Å²) < 4.78 is 1.85. The van der Waals surface area contributed by atoms with Gasteiger partial charge in [-0.2, -0.15) is 0 Å². The van der Waals surface area contributed by atoms with Crippen LogP contribution in [-0.4, -0.2) is 51.8 Å². The third-order valence-corrected chi connectivity index (χ3v) is 4.37. The van der Waals surface area contributed by atoms with Crippen LogP contribution in [0.15, 0.2) is 30.9 Å². The minimum Gasteiger partial charge on any atom is -0.365 e. The van der Waals surface area contributed by atoms with Gasteiger partial charge in [0.15, 0.2) is 0 Å². The van der Waals surface area contributed by atoms with Crippen molar-refractivity contribution in [3.05, 3.63) is 35.9 Å². The SMILES string of the molecule is CC(C)C(=O)N1CCN(c2c(Cl)cccc2-n2cnnc2)CC1. The largest absolute Gasteiger partial charge is 0.365 e. The van der Waals surface area contributed by atoms with Gasteiger partial charge in [-0.25, -0.2) is 0 Å². The molecule has 0 saturated carbocycles. The van der Waals surface area contributed by atoms with Crippen LogP contribution < -0.4 is 4.90 Å². The smallest absolute Gasteiger partial charge is 0.225 e. The second-order valence-electron chi connectivity index (χ2n) is 5.94. The Morgan fingerprint density at radius 3 is 2.39 bits per heavy atom. The van der Waals surface area contributed by atoms with Gasteiger partial charge in [0.05, 0.1) is 16.4 Å². The van der Waals surface area contributed by atoms with E-state index in [1.807, 2.05) is 41.5 Å². The normalized spacial score (nSPS) is 15.3. The first kappa shape index (κ1) is 15.8. The number of halogens is 1. The van der Waals surface area contributed by atoms with Gasteiger partial charge in [-0.3, -0.25) is 9.36 Å². The summed E-state index contributed by atoms with van der Waals surface area (Å²) in [6.45, 7) is 6.82. The van der Waals surface area contributed by atoms with E-state index in [2.05, 4.69) is 15.1 Å². The van der Waals surface area contributed by atoms with Crippen molar-refractivity contribution in [1.29, 1.82) is 0 Å². The molecule has 0 bridgehead atoms. The molecule has 2 heterocycles. The molecular formula is C16H20ClN5O. The van der Waals surface area contributed by atoms with Crippen LogP contribution in [0.3, 0.4) is 0 Å². The molecule has 122 valence electrons. The molecule has 1 aromatic heterocycles. The van der Waals surface area contributed by atoms with Gasteiger partial charge in [0, 0.05) is 32.1 Å². The zero-order valence-electron chi connectivity index (χ0n) is 13.3. The molecule has 1 fully saturated rings. The lowest BCUT2D eigenvalue weighted by molar-refractivity contribution is -0.134. The summed E-state index contributed by atoms with van der Waals surface area (Å²) in [6.07, 6.45) is 3.32. The number of aromatic nitrogens is 3. The molecule has 7 heteroatoms. The molecule has 0 spiro atoms. The number of benzene rings is 1. The summed E-state index contributed by atoms with van der Waals surface area (Å²) in [5, 5.41) is 8.43. The summed E-state index contributed by atoms with van der Waals surface area (Å²) >= 11 is 6.45. The molecule has 23 heavy (non-hydrogen) atoms. The predicted octanol–water partition coefficient (Wildman–Crippen LogP) is 2.23. The van der Waals surface area contributed by atoms with Crippen LogP contribution in [0, 0.1) is 5.92 Å². The molecule has 1 amide bonds. The van der Waals surface area contributed by atoms with Gasteiger partial charge in [0.25, 0.3) is 0 Å². The number of carbonyl (C=O) groups is 1. The van der Waals surface area contributed by atoms with E-state index >= 15 is 0 Å². The van der Waals surface area contributed by atoms with Gasteiger partial charge in [0.2, 0.25) is 5.91 Å². The number of anilines is 1. The van der Waals surface area contributed by atoms with Crippen LogP contribution >= 0.6 is 11.6 Å². The first-order valence-electron chi connectivity index (χ1n) is 7.75. The van der Waals surface area contributed by atoms with Crippen LogP contribution in [0.4, 0.5) is 5.69 Å². The maximum Gasteiger partial charge on any atom is 0.225 e. The Bertz CT molecular complexity index is 678. The minimum atomic E-state index is 0.0365. The molecule has 2 aromatic rings. The Morgan fingerprint density at radius 1 is 1.13 bits per heavy atom. The molecule has 0 radical (unpaired) electrons. The average Bonchev–Trinajstić information content (AvgIpc) is 3.08. The van der Waals surface area contributed by atoms with Crippen molar-refractivity contribution >= 4 is 23.2 Å². The second-order valence-corrected chi connectivity index (χ2v) is 6.35. The van der Waals surface area contributed by atoms with Gasteiger partial charge in [-0.05, 0) is 12.1 Å². The van der Waals surface area contributed by atoms with E-state index in [9.17, 15) is 4.79 Å². The van der Waals surface area contributed by atoms with Gasteiger partial charge < -0.3 is 9.80 Å². The Hall–Kier alpha value is -2.08. The average molecular weight is 334 g/mol. The maximum atomic E-state index is 12.1. The molecule has 0 atom stereocenters. The fourth-order valence-corrected chi connectivity index (χ4v) is 3.16. The lowest BCUT2D eigenvalue weighted by atomic mass is 10.1. The molecule has 3 rings (SSSR count). The molecule has 1 aliphatic rings. The van der Waals surface area contributed by atoms with E-state index in [1.165, 1.54) is 0 Å². The first-order chi connectivity index (χ1) is 11.1. The van der Waals surface area contributed by atoms with Crippen LogP contribution in [0.1, 0.15) is 13.8 Å². The van der Waals surface area contributed by atoms with Crippen molar-refractivity contribution in [2.75, 3.05) is 31.1 Å². The second kappa shape index (κ2) is 6.58. The molecule has 1 aromatic carbocycles. The summed E-state index contributed by atoms with van der Waals surface area (Å²) in [5.41, 5.74) is 1.91. The topological polar surface area (TPSA) is 54.3 Å². The maximum absolute atomic E-state index is 12.1. The summed E-state index contributed by atoms with van der Waals surface area (Å²) in [5.74, 6) is 0.247. The van der Waals surface area contributed by atoms with Crippen molar-refractivity contribution in [2.24, 2.45) is 5.92 Å². The zero-order chi connectivity index (χ0) is 16.4. The van der Waals surface area contributed by atoms with Crippen molar-refractivity contribution in [3.63, 3.8) is 0 Å². The highest BCUT2D eigenvalue weighted by Crippen LogP contribution is 2.33. The lowest BCUT2D eigenvalue weighted by Gasteiger charge is -2.38. The third-order valence-electron chi connectivity index (χ3n) is 4.06. The van der Waals surface area contributed by atoms with Crippen LogP contribution in [-0.2, 0) is 4.79 Å². The molecule has 0 unspecified atom stereocenters. The molecule has 1 aliphatic heterocycles. The Labute approximate surface area is 140 Å². The quantitative estimate of drug-likeness (QED) is 0.864. The Kier molecular flexibility index (Phi) is 4.52. The predicted molar refractivity (Wildman–Crippen MR) is 90.0 cm³/mol. The third kappa shape index (κ3) is 3.17. The number of piperazine rings is 1. The lowest BCUT2D eigenvalue weighted by Crippen LogP contribution is -2.50. The Balaban J connectivity index is 1.83. The molecular weight excluding hydrogens is 314 g/mol. The summed E-state index contributed by atoms with van der Waals surface area (Å²) in [7, 11) is 0. The van der Waals surface area contributed by atoms with E-state index < -0.39 is 0 Å². The number of nitrogens with zero attached hydrogens (tertiary/aromatic N) is 5. The fourth-order valence-electron chi connectivity index (χ4n) is 2.87. The van der Waals surface area contributed by atoms with Crippen molar-refractivity contribution in [3.8, 4) is 5.69 Å². The number of para-hydroxylation sites is 1. The number of rotatable bonds is 3. The Morgan fingerprint density at radius 2 is 1.78 bits per heavy atom. The highest BCUT2D eigenvalue weighted by Gasteiger charge is 2.25.